The van der Waals surface area contributed by atoms with E-state index < -0.39 is 0 Å². The molecule has 112 valence electrons. The Bertz CT molecular complexity index is 560. The number of nitrogens with one attached hydrogen (secondary N) is 1. The van der Waals surface area contributed by atoms with Gasteiger partial charge in [0.1, 0.15) is 12.1 Å². The Balaban J connectivity index is 2.17. The number of aromatic nitrogens is 2. The van der Waals surface area contributed by atoms with Gasteiger partial charge >= 0.3 is 0 Å². The number of benzene rings is 1. The maximum absolute atomic E-state index is 13.1. The maximum Gasteiger partial charge on any atom is 0.216 e. The molecule has 0 bridgehead atoms. The summed E-state index contributed by atoms with van der Waals surface area (Å²) in [7, 11) is 1.58. The Morgan fingerprint density at radius 3 is 2.67 bits per heavy atom. The van der Waals surface area contributed by atoms with Gasteiger partial charge in [-0.15, -0.1) is 0 Å². The summed E-state index contributed by atoms with van der Waals surface area (Å²) in [6, 6.07) is 8.49. The van der Waals surface area contributed by atoms with Gasteiger partial charge in [0.15, 0.2) is 0 Å². The summed E-state index contributed by atoms with van der Waals surface area (Å²) < 4.78 is 18.2. The van der Waals surface area contributed by atoms with Crippen LogP contribution in [0.25, 0.3) is 0 Å². The van der Waals surface area contributed by atoms with E-state index in [1.54, 1.807) is 19.2 Å². The van der Waals surface area contributed by atoms with Gasteiger partial charge in [0.05, 0.1) is 7.11 Å². The van der Waals surface area contributed by atoms with Crippen molar-refractivity contribution >= 4 is 0 Å². The van der Waals surface area contributed by atoms with Crippen molar-refractivity contribution in [2.45, 2.75) is 25.8 Å². The molecule has 0 amide bonds. The molecule has 21 heavy (non-hydrogen) atoms. The highest BCUT2D eigenvalue weighted by molar-refractivity contribution is 5.23. The molecule has 0 aliphatic heterocycles. The lowest BCUT2D eigenvalue weighted by Crippen LogP contribution is -2.24. The summed E-state index contributed by atoms with van der Waals surface area (Å²) in [6.07, 6.45) is 3.23. The van der Waals surface area contributed by atoms with Crippen LogP contribution < -0.4 is 10.1 Å². The second-order valence-electron chi connectivity index (χ2n) is 4.81. The van der Waals surface area contributed by atoms with Crippen LogP contribution in [0.4, 0.5) is 4.39 Å². The van der Waals surface area contributed by atoms with Crippen molar-refractivity contribution < 1.29 is 9.13 Å². The van der Waals surface area contributed by atoms with E-state index in [1.807, 2.05) is 6.07 Å². The smallest absolute Gasteiger partial charge is 0.216 e. The second-order valence-corrected chi connectivity index (χ2v) is 4.81. The van der Waals surface area contributed by atoms with E-state index in [-0.39, 0.29) is 11.9 Å². The molecule has 1 N–H and O–H groups in total. The quantitative estimate of drug-likeness (QED) is 0.851. The molecule has 1 heterocycles. The third kappa shape index (κ3) is 4.49. The Hall–Kier alpha value is -2.01. The first-order chi connectivity index (χ1) is 10.2. The van der Waals surface area contributed by atoms with E-state index in [9.17, 15) is 4.39 Å². The van der Waals surface area contributed by atoms with Crippen LogP contribution in [0.1, 0.15) is 30.6 Å². The van der Waals surface area contributed by atoms with E-state index in [0.717, 1.165) is 24.2 Å². The normalized spacial score (nSPS) is 12.1. The van der Waals surface area contributed by atoms with E-state index in [2.05, 4.69) is 22.2 Å². The summed E-state index contributed by atoms with van der Waals surface area (Å²) in [6.45, 7) is 3.01. The standard InChI is InChI=1S/C16H20FN3O/c1-3-8-18-15(12-4-6-13(17)7-5-12)9-14-10-16(21-2)20-11-19-14/h4-7,10-11,15,18H,3,8-9H2,1-2H3. The van der Waals surface area contributed by atoms with Crippen LogP contribution in [0.3, 0.4) is 0 Å². The van der Waals surface area contributed by atoms with Crippen molar-refractivity contribution in [3.05, 3.63) is 53.7 Å². The molecule has 0 saturated heterocycles. The molecule has 0 aliphatic carbocycles. The number of hydrogen-bond acceptors (Lipinski definition) is 4. The predicted molar refractivity (Wildman–Crippen MR) is 79.7 cm³/mol. The maximum atomic E-state index is 13.1. The molecule has 0 fully saturated rings. The molecule has 4 nitrogen and oxygen atoms in total. The van der Waals surface area contributed by atoms with E-state index in [1.165, 1.54) is 18.5 Å². The molecule has 1 aromatic carbocycles. The van der Waals surface area contributed by atoms with Crippen LogP contribution in [0.5, 0.6) is 5.88 Å². The van der Waals surface area contributed by atoms with Gasteiger partial charge in [-0.2, -0.15) is 0 Å². The molecule has 1 unspecified atom stereocenters. The van der Waals surface area contributed by atoms with Gasteiger partial charge in [-0.25, -0.2) is 14.4 Å². The van der Waals surface area contributed by atoms with Gasteiger partial charge < -0.3 is 10.1 Å². The highest BCUT2D eigenvalue weighted by Crippen LogP contribution is 2.19. The van der Waals surface area contributed by atoms with Gasteiger partial charge in [-0.3, -0.25) is 0 Å². The zero-order valence-electron chi connectivity index (χ0n) is 12.3. The van der Waals surface area contributed by atoms with E-state index >= 15 is 0 Å². The highest BCUT2D eigenvalue weighted by Gasteiger charge is 2.13. The monoisotopic (exact) mass is 289 g/mol. The number of halogens is 1. The van der Waals surface area contributed by atoms with Crippen LogP contribution >= 0.6 is 0 Å². The highest BCUT2D eigenvalue weighted by atomic mass is 19.1. The predicted octanol–water partition coefficient (Wildman–Crippen LogP) is 2.91. The third-order valence-electron chi connectivity index (χ3n) is 3.23. The number of ether oxygens (including phenoxy) is 1. The molecule has 0 aliphatic rings. The minimum atomic E-state index is -0.225. The van der Waals surface area contributed by atoms with Gasteiger partial charge in [0, 0.05) is 24.2 Å². The lowest BCUT2D eigenvalue weighted by molar-refractivity contribution is 0.395. The molecule has 0 saturated carbocycles. The fraction of sp³-hybridized carbons (Fsp3) is 0.375. The minimum Gasteiger partial charge on any atom is -0.481 e. The Labute approximate surface area is 124 Å². The molecule has 0 radical (unpaired) electrons. The molecule has 2 rings (SSSR count). The van der Waals surface area contributed by atoms with Crippen molar-refractivity contribution in [3.63, 3.8) is 0 Å². The summed E-state index contributed by atoms with van der Waals surface area (Å²) >= 11 is 0. The van der Waals surface area contributed by atoms with Crippen molar-refractivity contribution in [3.8, 4) is 5.88 Å². The summed E-state index contributed by atoms with van der Waals surface area (Å²) in [5.74, 6) is 0.324. The van der Waals surface area contributed by atoms with Gasteiger partial charge in [-0.1, -0.05) is 19.1 Å². The topological polar surface area (TPSA) is 47.0 Å². The molecule has 1 aromatic heterocycles. The van der Waals surface area contributed by atoms with E-state index in [0.29, 0.717) is 12.3 Å². The Morgan fingerprint density at radius 2 is 2.00 bits per heavy atom. The first kappa shape index (κ1) is 15.4. The minimum absolute atomic E-state index is 0.0881. The van der Waals surface area contributed by atoms with Crippen LogP contribution in [0.15, 0.2) is 36.7 Å². The zero-order valence-corrected chi connectivity index (χ0v) is 12.3. The van der Waals surface area contributed by atoms with E-state index in [4.69, 9.17) is 4.74 Å². The molecule has 2 aromatic rings. The van der Waals surface area contributed by atoms with Crippen molar-refractivity contribution in [2.75, 3.05) is 13.7 Å². The SMILES string of the molecule is CCCNC(Cc1cc(OC)ncn1)c1ccc(F)cc1. The zero-order chi connectivity index (χ0) is 15.1. The molecular weight excluding hydrogens is 269 g/mol. The van der Waals surface area contributed by atoms with Crippen LogP contribution in [-0.2, 0) is 6.42 Å². The van der Waals surface area contributed by atoms with Gasteiger partial charge in [0.25, 0.3) is 0 Å². The number of hydrogen-bond donors (Lipinski definition) is 1. The summed E-state index contributed by atoms with van der Waals surface area (Å²) in [5, 5.41) is 3.47. The van der Waals surface area contributed by atoms with Crippen LogP contribution in [-0.4, -0.2) is 23.6 Å². The summed E-state index contributed by atoms with van der Waals surface area (Å²) in [5.41, 5.74) is 1.93. The third-order valence-corrected chi connectivity index (χ3v) is 3.23. The van der Waals surface area contributed by atoms with Crippen molar-refractivity contribution in [1.82, 2.24) is 15.3 Å². The number of methoxy groups -OCH3 is 1. The first-order valence-electron chi connectivity index (χ1n) is 7.06. The Morgan fingerprint density at radius 1 is 1.24 bits per heavy atom. The lowest BCUT2D eigenvalue weighted by atomic mass is 10.0. The average Bonchev–Trinajstić information content (AvgIpc) is 2.52. The fourth-order valence-corrected chi connectivity index (χ4v) is 2.13. The average molecular weight is 289 g/mol. The molecular formula is C16H20FN3O. The van der Waals surface area contributed by atoms with Crippen LogP contribution in [0, 0.1) is 5.82 Å². The molecule has 1 atom stereocenters. The molecule has 5 heteroatoms. The van der Waals surface area contributed by atoms with Crippen molar-refractivity contribution in [1.29, 1.82) is 0 Å². The number of rotatable bonds is 7. The largest absolute Gasteiger partial charge is 0.481 e. The second kappa shape index (κ2) is 7.69. The fourth-order valence-electron chi connectivity index (χ4n) is 2.13. The van der Waals surface area contributed by atoms with Crippen LogP contribution in [0.2, 0.25) is 0 Å². The molecule has 0 spiro atoms. The lowest BCUT2D eigenvalue weighted by Gasteiger charge is -2.19. The number of nitrogens with zero attached hydrogens (tertiary/aromatic N) is 2. The van der Waals surface area contributed by atoms with Gasteiger partial charge in [-0.05, 0) is 30.7 Å². The van der Waals surface area contributed by atoms with Crippen molar-refractivity contribution in [2.24, 2.45) is 0 Å². The van der Waals surface area contributed by atoms with Gasteiger partial charge in [0.2, 0.25) is 5.88 Å². The first-order valence-corrected chi connectivity index (χ1v) is 7.06. The Kier molecular flexibility index (Phi) is 5.63. The summed E-state index contributed by atoms with van der Waals surface area (Å²) in [4.78, 5) is 8.28.